The zero-order valence-corrected chi connectivity index (χ0v) is 12.6. The molecule has 2 aliphatic heterocycles. The van der Waals surface area contributed by atoms with Crippen LogP contribution in [0.15, 0.2) is 0 Å². The number of nitrogens with zero attached hydrogens (tertiary/aromatic N) is 2. The molecule has 7 heteroatoms. The van der Waals surface area contributed by atoms with Gasteiger partial charge in [-0.05, 0) is 18.8 Å². The number of urea groups is 1. The zero-order valence-electron chi connectivity index (χ0n) is 12.6. The number of primary amides is 1. The molecule has 0 aromatic carbocycles. The Morgan fingerprint density at radius 2 is 1.86 bits per heavy atom. The number of carbonyl (C=O) groups excluding carboxylic acids is 3. The lowest BCUT2D eigenvalue weighted by Crippen LogP contribution is -2.48. The van der Waals surface area contributed by atoms with Gasteiger partial charge in [0.1, 0.15) is 0 Å². The van der Waals surface area contributed by atoms with Crippen LogP contribution in [0.5, 0.6) is 0 Å². The normalized spacial score (nSPS) is 29.3. The van der Waals surface area contributed by atoms with Gasteiger partial charge in [-0.25, -0.2) is 4.79 Å². The third-order valence-electron chi connectivity index (χ3n) is 4.51. The van der Waals surface area contributed by atoms with Gasteiger partial charge in [-0.3, -0.25) is 9.59 Å². The van der Waals surface area contributed by atoms with E-state index in [-0.39, 0.29) is 29.6 Å². The number of ether oxygens (including phenoxy) is 1. The van der Waals surface area contributed by atoms with Crippen molar-refractivity contribution < 1.29 is 19.1 Å². The number of hydrogen-bond donors (Lipinski definition) is 1. The Morgan fingerprint density at radius 3 is 2.48 bits per heavy atom. The number of piperidine rings is 1. The maximum absolute atomic E-state index is 12.6. The monoisotopic (exact) mass is 297 g/mol. The maximum atomic E-state index is 12.6. The van der Waals surface area contributed by atoms with Gasteiger partial charge in [0, 0.05) is 26.2 Å². The van der Waals surface area contributed by atoms with Crippen LogP contribution in [0.1, 0.15) is 19.8 Å². The SMILES string of the molecule is COC(=O)C1CN(C(=O)C2CCCN(C(N)=O)C2)CC1C. The highest BCUT2D eigenvalue weighted by atomic mass is 16.5. The molecule has 0 spiro atoms. The fourth-order valence-corrected chi connectivity index (χ4v) is 3.24. The van der Waals surface area contributed by atoms with Gasteiger partial charge < -0.3 is 20.3 Å². The second kappa shape index (κ2) is 6.32. The molecular formula is C14H23N3O4. The number of nitrogens with two attached hydrogens (primary N) is 1. The van der Waals surface area contributed by atoms with Crippen LogP contribution in [0.2, 0.25) is 0 Å². The van der Waals surface area contributed by atoms with Crippen molar-refractivity contribution in [3.8, 4) is 0 Å². The van der Waals surface area contributed by atoms with E-state index in [2.05, 4.69) is 0 Å². The van der Waals surface area contributed by atoms with E-state index in [0.717, 1.165) is 12.8 Å². The molecule has 0 radical (unpaired) electrons. The van der Waals surface area contributed by atoms with Gasteiger partial charge in [0.15, 0.2) is 0 Å². The van der Waals surface area contributed by atoms with Crippen LogP contribution in [0, 0.1) is 17.8 Å². The zero-order chi connectivity index (χ0) is 15.6. The Bertz CT molecular complexity index is 440. The molecular weight excluding hydrogens is 274 g/mol. The first-order chi connectivity index (χ1) is 9.93. The largest absolute Gasteiger partial charge is 0.469 e. The van der Waals surface area contributed by atoms with Gasteiger partial charge in [-0.1, -0.05) is 6.92 Å². The maximum Gasteiger partial charge on any atom is 0.314 e. The summed E-state index contributed by atoms with van der Waals surface area (Å²) in [6, 6.07) is -0.477. The van der Waals surface area contributed by atoms with Crippen LogP contribution in [0.3, 0.4) is 0 Å². The molecule has 0 aliphatic carbocycles. The summed E-state index contributed by atoms with van der Waals surface area (Å²) in [5, 5.41) is 0. The molecule has 21 heavy (non-hydrogen) atoms. The minimum Gasteiger partial charge on any atom is -0.469 e. The summed E-state index contributed by atoms with van der Waals surface area (Å²) in [5.41, 5.74) is 5.29. The van der Waals surface area contributed by atoms with Gasteiger partial charge in [0.05, 0.1) is 18.9 Å². The van der Waals surface area contributed by atoms with Gasteiger partial charge in [-0.15, -0.1) is 0 Å². The first kappa shape index (κ1) is 15.6. The quantitative estimate of drug-likeness (QED) is 0.729. The summed E-state index contributed by atoms with van der Waals surface area (Å²) >= 11 is 0. The van der Waals surface area contributed by atoms with E-state index in [1.165, 1.54) is 12.0 Å². The Labute approximate surface area is 124 Å². The molecule has 2 saturated heterocycles. The number of likely N-dealkylation sites (tertiary alicyclic amines) is 2. The molecule has 118 valence electrons. The van der Waals surface area contributed by atoms with Crippen LogP contribution in [-0.2, 0) is 14.3 Å². The summed E-state index contributed by atoms with van der Waals surface area (Å²) < 4.78 is 4.78. The number of methoxy groups -OCH3 is 1. The molecule has 0 saturated carbocycles. The molecule has 0 aromatic heterocycles. The minimum atomic E-state index is -0.477. The lowest BCUT2D eigenvalue weighted by atomic mass is 9.97. The standard InChI is InChI=1S/C14H23N3O4/c1-9-6-17(8-11(9)13(19)21-2)12(18)10-4-3-5-16(7-10)14(15)20/h9-11H,3-8H2,1-2H3,(H2,15,20). The molecule has 0 aromatic rings. The topological polar surface area (TPSA) is 92.9 Å². The molecule has 3 amide bonds. The Balaban J connectivity index is 1.97. The molecule has 2 N–H and O–H groups in total. The lowest BCUT2D eigenvalue weighted by molar-refractivity contribution is -0.146. The Morgan fingerprint density at radius 1 is 1.14 bits per heavy atom. The van der Waals surface area contributed by atoms with Crippen LogP contribution >= 0.6 is 0 Å². The van der Waals surface area contributed by atoms with Crippen LogP contribution in [0.25, 0.3) is 0 Å². The average molecular weight is 297 g/mol. The summed E-state index contributed by atoms with van der Waals surface area (Å²) in [7, 11) is 1.37. The molecule has 2 aliphatic rings. The van der Waals surface area contributed by atoms with Crippen LogP contribution in [-0.4, -0.2) is 61.0 Å². The van der Waals surface area contributed by atoms with E-state index in [9.17, 15) is 14.4 Å². The lowest BCUT2D eigenvalue weighted by Gasteiger charge is -2.33. The third-order valence-corrected chi connectivity index (χ3v) is 4.51. The van der Waals surface area contributed by atoms with Crippen molar-refractivity contribution in [2.45, 2.75) is 19.8 Å². The predicted molar refractivity (Wildman–Crippen MR) is 75.1 cm³/mol. The third kappa shape index (κ3) is 3.28. The molecule has 7 nitrogen and oxygen atoms in total. The Hall–Kier alpha value is -1.79. The molecule has 2 heterocycles. The first-order valence-electron chi connectivity index (χ1n) is 7.35. The molecule has 0 bridgehead atoms. The first-order valence-corrected chi connectivity index (χ1v) is 7.35. The van der Waals surface area contributed by atoms with Crippen molar-refractivity contribution in [1.82, 2.24) is 9.80 Å². The van der Waals surface area contributed by atoms with Crippen molar-refractivity contribution >= 4 is 17.9 Å². The van der Waals surface area contributed by atoms with Crippen LogP contribution < -0.4 is 5.73 Å². The van der Waals surface area contributed by atoms with E-state index >= 15 is 0 Å². The summed E-state index contributed by atoms with van der Waals surface area (Å²) in [6.45, 7) is 3.90. The van der Waals surface area contributed by atoms with Gasteiger partial charge in [-0.2, -0.15) is 0 Å². The highest BCUT2D eigenvalue weighted by Gasteiger charge is 2.40. The van der Waals surface area contributed by atoms with E-state index in [0.29, 0.717) is 26.2 Å². The summed E-state index contributed by atoms with van der Waals surface area (Å²) in [4.78, 5) is 38.7. The van der Waals surface area contributed by atoms with Gasteiger partial charge in [0.25, 0.3) is 0 Å². The number of esters is 1. The number of rotatable bonds is 2. The molecule has 3 atom stereocenters. The molecule has 2 rings (SSSR count). The second-order valence-corrected chi connectivity index (χ2v) is 5.97. The summed E-state index contributed by atoms with van der Waals surface area (Å²) in [5.74, 6) is -0.624. The predicted octanol–water partition coefficient (Wildman–Crippen LogP) is 0.0446. The van der Waals surface area contributed by atoms with Crippen molar-refractivity contribution in [3.63, 3.8) is 0 Å². The second-order valence-electron chi connectivity index (χ2n) is 5.97. The van der Waals surface area contributed by atoms with Crippen molar-refractivity contribution in [2.75, 3.05) is 33.3 Å². The number of hydrogen-bond acceptors (Lipinski definition) is 4. The Kier molecular flexibility index (Phi) is 4.69. The molecule has 3 unspecified atom stereocenters. The van der Waals surface area contributed by atoms with Crippen molar-refractivity contribution in [3.05, 3.63) is 0 Å². The van der Waals surface area contributed by atoms with E-state index in [4.69, 9.17) is 10.5 Å². The summed E-state index contributed by atoms with van der Waals surface area (Å²) in [6.07, 6.45) is 1.54. The number of amides is 3. The van der Waals surface area contributed by atoms with E-state index in [1.54, 1.807) is 4.90 Å². The van der Waals surface area contributed by atoms with Crippen molar-refractivity contribution in [1.29, 1.82) is 0 Å². The highest BCUT2D eigenvalue weighted by Crippen LogP contribution is 2.27. The van der Waals surface area contributed by atoms with E-state index < -0.39 is 6.03 Å². The fourth-order valence-electron chi connectivity index (χ4n) is 3.24. The average Bonchev–Trinajstić information content (AvgIpc) is 2.87. The van der Waals surface area contributed by atoms with E-state index in [1.807, 2.05) is 6.92 Å². The smallest absolute Gasteiger partial charge is 0.314 e. The number of carbonyl (C=O) groups is 3. The highest BCUT2D eigenvalue weighted by molar-refractivity contribution is 5.82. The molecule has 2 fully saturated rings. The minimum absolute atomic E-state index is 0.0132. The van der Waals surface area contributed by atoms with Gasteiger partial charge in [0.2, 0.25) is 5.91 Å². The van der Waals surface area contributed by atoms with Gasteiger partial charge >= 0.3 is 12.0 Å². The van der Waals surface area contributed by atoms with Crippen LogP contribution in [0.4, 0.5) is 4.79 Å². The van der Waals surface area contributed by atoms with Crippen molar-refractivity contribution in [2.24, 2.45) is 23.5 Å². The fraction of sp³-hybridized carbons (Fsp3) is 0.786.